The molecular weight excluding hydrogens is 486 g/mol. The smallest absolute Gasteiger partial charge is 0.294 e. The number of carbonyl (C=O) groups is 1. The van der Waals surface area contributed by atoms with Gasteiger partial charge in [-0.1, -0.05) is 29.8 Å². The Labute approximate surface area is 208 Å². The molecule has 1 aromatic heterocycles. The molecule has 10 nitrogen and oxygen atoms in total. The number of furan rings is 1. The number of nitro benzene ring substituents is 1. The average Bonchev–Trinajstić information content (AvgIpc) is 3.36. The minimum absolute atomic E-state index is 0.00724. The van der Waals surface area contributed by atoms with E-state index in [2.05, 4.69) is 10.2 Å². The normalized spacial score (nSPS) is 20.8. The molecule has 0 radical (unpaired) electrons. The van der Waals surface area contributed by atoms with Crippen LogP contribution in [0.15, 0.2) is 70.0 Å². The first-order valence-corrected chi connectivity index (χ1v) is 13.0. The van der Waals surface area contributed by atoms with Gasteiger partial charge in [0.1, 0.15) is 5.76 Å². The first-order chi connectivity index (χ1) is 17.1. The number of aryl methyl sites for hydroxylation is 1. The molecular formula is C25H27N3O7S. The second-order valence-electron chi connectivity index (χ2n) is 8.98. The molecule has 6 rings (SSSR count). The molecule has 4 heterocycles. The number of piperidine rings is 3. The lowest BCUT2D eigenvalue weighted by Gasteiger charge is -2.44. The van der Waals surface area contributed by atoms with E-state index < -0.39 is 15.0 Å². The Hall–Kier alpha value is -3.54. The molecule has 0 aliphatic carbocycles. The lowest BCUT2D eigenvalue weighted by Crippen LogP contribution is -2.57. The molecule has 0 unspecified atom stereocenters. The fraction of sp³-hybridized carbons (Fsp3) is 0.320. The number of hydrogen-bond donors (Lipinski definition) is 2. The van der Waals surface area contributed by atoms with Crippen LogP contribution in [0.1, 0.15) is 29.0 Å². The predicted octanol–water partition coefficient (Wildman–Crippen LogP) is 3.92. The van der Waals surface area contributed by atoms with E-state index in [1.165, 1.54) is 24.3 Å². The predicted molar refractivity (Wildman–Crippen MR) is 132 cm³/mol. The van der Waals surface area contributed by atoms with Gasteiger partial charge in [-0.2, -0.15) is 8.42 Å². The second-order valence-corrected chi connectivity index (χ2v) is 10.4. The van der Waals surface area contributed by atoms with Crippen molar-refractivity contribution in [3.8, 4) is 11.3 Å². The quantitative estimate of drug-likeness (QED) is 0.297. The van der Waals surface area contributed by atoms with Crippen molar-refractivity contribution in [1.29, 1.82) is 0 Å². The van der Waals surface area contributed by atoms with E-state index in [-0.39, 0.29) is 28.3 Å². The highest BCUT2D eigenvalue weighted by Crippen LogP contribution is 2.29. The summed E-state index contributed by atoms with van der Waals surface area (Å²) >= 11 is 0. The highest BCUT2D eigenvalue weighted by Gasteiger charge is 2.35. The van der Waals surface area contributed by atoms with Crippen LogP contribution in [0.3, 0.4) is 0 Å². The minimum atomic E-state index is -4.02. The summed E-state index contributed by atoms with van der Waals surface area (Å²) in [6, 6.07) is 15.6. The standard InChI is InChI=1S/C18H19N3O4.C7H8O3S/c22-18(19-15-11-20-8-6-12(15)7-9-20)17-5-4-16(25-17)13-2-1-3-14(10-13)21(23)24;1-6-2-4-7(5-3-6)11(8,9)10/h1-5,10,12,15H,6-9,11H2,(H,19,22);2-5H,1H3,(H,8,9,10)/t15-;/m0./s1. The Bertz CT molecular complexity index is 1340. The van der Waals surface area contributed by atoms with Crippen LogP contribution in [-0.4, -0.2) is 54.4 Å². The summed E-state index contributed by atoms with van der Waals surface area (Å²) in [6.45, 7) is 4.98. The van der Waals surface area contributed by atoms with E-state index in [0.717, 1.165) is 38.0 Å². The molecule has 2 bridgehead atoms. The molecule has 3 fully saturated rings. The summed E-state index contributed by atoms with van der Waals surface area (Å²) in [5.74, 6) is 0.997. The van der Waals surface area contributed by atoms with Crippen molar-refractivity contribution in [2.45, 2.75) is 30.7 Å². The number of nitrogens with zero attached hydrogens (tertiary/aromatic N) is 2. The number of non-ortho nitro benzene ring substituents is 1. The van der Waals surface area contributed by atoms with E-state index in [0.29, 0.717) is 17.2 Å². The van der Waals surface area contributed by atoms with Gasteiger partial charge in [0.05, 0.1) is 9.82 Å². The number of amides is 1. The number of benzene rings is 2. The fourth-order valence-electron chi connectivity index (χ4n) is 4.47. The molecule has 11 heteroatoms. The van der Waals surface area contributed by atoms with Crippen molar-refractivity contribution in [3.05, 3.63) is 82.1 Å². The summed E-state index contributed by atoms with van der Waals surface area (Å²) in [6.07, 6.45) is 2.25. The third-order valence-corrected chi connectivity index (χ3v) is 7.33. The Morgan fingerprint density at radius 1 is 1.11 bits per heavy atom. The number of nitrogens with one attached hydrogen (secondary N) is 1. The highest BCUT2D eigenvalue weighted by molar-refractivity contribution is 7.85. The first kappa shape index (κ1) is 25.5. The molecule has 1 atom stereocenters. The van der Waals surface area contributed by atoms with Crippen LogP contribution in [0.4, 0.5) is 5.69 Å². The molecule has 190 valence electrons. The molecule has 1 amide bonds. The zero-order valence-electron chi connectivity index (χ0n) is 19.7. The molecule has 0 saturated carbocycles. The van der Waals surface area contributed by atoms with E-state index in [9.17, 15) is 23.3 Å². The zero-order chi connectivity index (χ0) is 25.9. The average molecular weight is 514 g/mol. The van der Waals surface area contributed by atoms with Crippen LogP contribution < -0.4 is 5.32 Å². The lowest BCUT2D eigenvalue weighted by molar-refractivity contribution is -0.384. The summed E-state index contributed by atoms with van der Waals surface area (Å²) in [7, 11) is -4.02. The van der Waals surface area contributed by atoms with E-state index in [4.69, 9.17) is 8.97 Å². The van der Waals surface area contributed by atoms with Crippen molar-refractivity contribution in [2.24, 2.45) is 5.92 Å². The fourth-order valence-corrected chi connectivity index (χ4v) is 4.95. The van der Waals surface area contributed by atoms with Crippen molar-refractivity contribution < 1.29 is 27.1 Å². The summed E-state index contributed by atoms with van der Waals surface area (Å²) in [5, 5.41) is 14.0. The number of hydrogen-bond acceptors (Lipinski definition) is 7. The van der Waals surface area contributed by atoms with Crippen LogP contribution in [0.5, 0.6) is 0 Å². The molecule has 0 spiro atoms. The number of rotatable bonds is 5. The molecule has 3 saturated heterocycles. The third kappa shape index (κ3) is 6.17. The van der Waals surface area contributed by atoms with Crippen molar-refractivity contribution in [3.63, 3.8) is 0 Å². The third-order valence-electron chi connectivity index (χ3n) is 6.46. The van der Waals surface area contributed by atoms with Gasteiger partial charge in [0.25, 0.3) is 21.7 Å². The van der Waals surface area contributed by atoms with Gasteiger partial charge in [0, 0.05) is 30.3 Å². The summed E-state index contributed by atoms with van der Waals surface area (Å²) in [5.41, 5.74) is 1.53. The molecule has 3 aliphatic heterocycles. The number of carbonyl (C=O) groups excluding carboxylic acids is 1. The monoisotopic (exact) mass is 513 g/mol. The zero-order valence-corrected chi connectivity index (χ0v) is 20.5. The van der Waals surface area contributed by atoms with E-state index in [1.54, 1.807) is 36.4 Å². The van der Waals surface area contributed by atoms with Gasteiger partial charge in [-0.25, -0.2) is 0 Å². The minimum Gasteiger partial charge on any atom is -0.451 e. The van der Waals surface area contributed by atoms with Crippen molar-refractivity contribution in [2.75, 3.05) is 19.6 Å². The Morgan fingerprint density at radius 3 is 2.39 bits per heavy atom. The van der Waals surface area contributed by atoms with Crippen LogP contribution in [0, 0.1) is 23.0 Å². The SMILES string of the molecule is Cc1ccc(S(=O)(=O)O)cc1.O=C(N[C@H]1CN2CCC1CC2)c1ccc(-c2cccc([N+](=O)[O-])c2)o1. The maximum absolute atomic E-state index is 12.5. The van der Waals surface area contributed by atoms with Crippen LogP contribution in [0.2, 0.25) is 0 Å². The molecule has 3 aliphatic rings. The van der Waals surface area contributed by atoms with Gasteiger partial charge in [-0.3, -0.25) is 19.5 Å². The topological polar surface area (TPSA) is 143 Å². The second kappa shape index (κ2) is 10.6. The summed E-state index contributed by atoms with van der Waals surface area (Å²) in [4.78, 5) is 25.2. The Balaban J connectivity index is 0.000000233. The van der Waals surface area contributed by atoms with Gasteiger partial charge < -0.3 is 14.6 Å². The largest absolute Gasteiger partial charge is 0.451 e. The van der Waals surface area contributed by atoms with Crippen LogP contribution in [0.25, 0.3) is 11.3 Å². The van der Waals surface area contributed by atoms with Gasteiger partial charge in [0.2, 0.25) is 0 Å². The Kier molecular flexibility index (Phi) is 7.53. The first-order valence-electron chi connectivity index (χ1n) is 11.5. The molecule has 2 aromatic carbocycles. The van der Waals surface area contributed by atoms with Crippen molar-refractivity contribution in [1.82, 2.24) is 10.2 Å². The molecule has 2 N–H and O–H groups in total. The van der Waals surface area contributed by atoms with Crippen LogP contribution >= 0.6 is 0 Å². The lowest BCUT2D eigenvalue weighted by atomic mass is 9.84. The van der Waals surface area contributed by atoms with Gasteiger partial charge in [-0.05, 0) is 63.0 Å². The number of fused-ring (bicyclic) bond motifs is 3. The van der Waals surface area contributed by atoms with Gasteiger partial charge >= 0.3 is 0 Å². The van der Waals surface area contributed by atoms with Crippen molar-refractivity contribution >= 4 is 21.7 Å². The molecule has 3 aromatic rings. The van der Waals surface area contributed by atoms with Gasteiger partial charge in [-0.15, -0.1) is 0 Å². The van der Waals surface area contributed by atoms with Gasteiger partial charge in [0.15, 0.2) is 5.76 Å². The van der Waals surface area contributed by atoms with E-state index >= 15 is 0 Å². The maximum Gasteiger partial charge on any atom is 0.294 e. The number of nitro groups is 1. The highest BCUT2D eigenvalue weighted by atomic mass is 32.2. The Morgan fingerprint density at radius 2 is 1.81 bits per heavy atom. The summed E-state index contributed by atoms with van der Waals surface area (Å²) < 4.78 is 35.2. The van der Waals surface area contributed by atoms with E-state index in [1.807, 2.05) is 6.92 Å². The maximum atomic E-state index is 12.5. The molecule has 36 heavy (non-hydrogen) atoms. The van der Waals surface area contributed by atoms with Crippen LogP contribution in [-0.2, 0) is 10.1 Å².